The van der Waals surface area contributed by atoms with Gasteiger partial charge in [0.25, 0.3) is 0 Å². The molecule has 0 radical (unpaired) electrons. The van der Waals surface area contributed by atoms with Crippen molar-refractivity contribution >= 4 is 6.03 Å². The molecule has 134 valence electrons. The molecule has 1 saturated heterocycles. The summed E-state index contributed by atoms with van der Waals surface area (Å²) in [6, 6.07) is 0.0805. The topological polar surface area (TPSA) is 53.4 Å². The molecule has 1 spiro atoms. The predicted molar refractivity (Wildman–Crippen MR) is 94.9 cm³/mol. The number of likely N-dealkylation sites (N-methyl/N-ethyl adjacent to an activating group) is 1. The molecule has 2 aliphatic rings. The van der Waals surface area contributed by atoms with E-state index < -0.39 is 0 Å². The number of likely N-dealkylation sites (tertiary alicyclic amines) is 1. The first-order valence-electron chi connectivity index (χ1n) is 9.28. The van der Waals surface area contributed by atoms with Gasteiger partial charge in [-0.2, -0.15) is 0 Å². The number of hydrogen-bond acceptors (Lipinski definition) is 3. The number of imidazole rings is 1. The molecule has 1 aromatic heterocycles. The molecule has 3 rings (SSSR count). The van der Waals surface area contributed by atoms with Gasteiger partial charge in [-0.15, -0.1) is 0 Å². The van der Waals surface area contributed by atoms with Crippen LogP contribution in [0.25, 0.3) is 0 Å². The van der Waals surface area contributed by atoms with E-state index in [4.69, 9.17) is 4.98 Å². The van der Waals surface area contributed by atoms with Gasteiger partial charge in [-0.3, -0.25) is 4.90 Å². The van der Waals surface area contributed by atoms with Crippen molar-refractivity contribution in [3.8, 4) is 0 Å². The number of carbonyl (C=O) groups excluding carboxylic acids is 1. The van der Waals surface area contributed by atoms with Gasteiger partial charge in [0.15, 0.2) is 0 Å². The average Bonchev–Trinajstić information content (AvgIpc) is 2.96. The van der Waals surface area contributed by atoms with E-state index in [1.807, 2.05) is 11.1 Å². The van der Waals surface area contributed by atoms with Crippen molar-refractivity contribution in [3.05, 3.63) is 17.7 Å². The van der Waals surface area contributed by atoms with Gasteiger partial charge in [0, 0.05) is 44.6 Å². The van der Waals surface area contributed by atoms with E-state index >= 15 is 0 Å². The van der Waals surface area contributed by atoms with Gasteiger partial charge in [0.2, 0.25) is 0 Å². The summed E-state index contributed by atoms with van der Waals surface area (Å²) in [6.07, 6.45) is 3.93. The smallest absolute Gasteiger partial charge is 0.317 e. The van der Waals surface area contributed by atoms with Crippen molar-refractivity contribution in [2.24, 2.45) is 5.92 Å². The molecule has 6 heteroatoms. The Morgan fingerprint density at radius 3 is 2.62 bits per heavy atom. The van der Waals surface area contributed by atoms with Gasteiger partial charge in [-0.05, 0) is 32.2 Å². The van der Waals surface area contributed by atoms with Crippen molar-refractivity contribution < 1.29 is 4.79 Å². The lowest BCUT2D eigenvalue weighted by Gasteiger charge is -2.50. The third-order valence-corrected chi connectivity index (χ3v) is 5.59. The molecule has 24 heavy (non-hydrogen) atoms. The summed E-state index contributed by atoms with van der Waals surface area (Å²) in [6.45, 7) is 14.1. The van der Waals surface area contributed by atoms with Gasteiger partial charge in [-0.25, -0.2) is 9.78 Å². The van der Waals surface area contributed by atoms with Crippen molar-refractivity contribution in [2.45, 2.75) is 52.6 Å². The second kappa shape index (κ2) is 6.75. The predicted octanol–water partition coefficient (Wildman–Crippen LogP) is 2.18. The second-order valence-corrected chi connectivity index (χ2v) is 7.55. The molecule has 0 aromatic carbocycles. The van der Waals surface area contributed by atoms with Crippen molar-refractivity contribution in [3.63, 3.8) is 0 Å². The SMILES string of the molecule is CCN1CCn2c(C)cnc2C12CCN(C(=O)NCC(C)C)CC2. The summed E-state index contributed by atoms with van der Waals surface area (Å²) in [7, 11) is 0. The van der Waals surface area contributed by atoms with Crippen LogP contribution in [0.3, 0.4) is 0 Å². The number of fused-ring (bicyclic) bond motifs is 2. The van der Waals surface area contributed by atoms with Crippen LogP contribution >= 0.6 is 0 Å². The maximum Gasteiger partial charge on any atom is 0.317 e. The quantitative estimate of drug-likeness (QED) is 0.922. The molecule has 0 atom stereocenters. The van der Waals surface area contributed by atoms with E-state index in [0.29, 0.717) is 5.92 Å². The monoisotopic (exact) mass is 333 g/mol. The molecular weight excluding hydrogens is 302 g/mol. The Balaban J connectivity index is 1.74. The van der Waals surface area contributed by atoms with E-state index in [1.54, 1.807) is 0 Å². The average molecular weight is 333 g/mol. The lowest BCUT2D eigenvalue weighted by molar-refractivity contribution is 0.00200. The number of urea groups is 1. The van der Waals surface area contributed by atoms with Gasteiger partial charge in [0.05, 0.1) is 5.54 Å². The summed E-state index contributed by atoms with van der Waals surface area (Å²) in [4.78, 5) is 21.7. The van der Waals surface area contributed by atoms with E-state index in [0.717, 1.165) is 52.1 Å². The fourth-order valence-electron chi connectivity index (χ4n) is 4.17. The number of piperidine rings is 1. The second-order valence-electron chi connectivity index (χ2n) is 7.55. The first kappa shape index (κ1) is 17.3. The summed E-state index contributed by atoms with van der Waals surface area (Å²) in [5, 5.41) is 3.04. The van der Waals surface area contributed by atoms with Crippen LogP contribution in [0.15, 0.2) is 6.20 Å². The van der Waals surface area contributed by atoms with Gasteiger partial charge >= 0.3 is 6.03 Å². The van der Waals surface area contributed by atoms with E-state index in [9.17, 15) is 4.79 Å². The fourth-order valence-corrected chi connectivity index (χ4v) is 4.17. The van der Waals surface area contributed by atoms with Gasteiger partial charge in [-0.1, -0.05) is 20.8 Å². The van der Waals surface area contributed by atoms with Crippen LogP contribution in [-0.4, -0.2) is 58.1 Å². The van der Waals surface area contributed by atoms with E-state index in [2.05, 4.69) is 42.5 Å². The Hall–Kier alpha value is -1.56. The zero-order chi connectivity index (χ0) is 17.3. The number of hydrogen-bond donors (Lipinski definition) is 1. The Bertz CT molecular complexity index is 586. The Morgan fingerprint density at radius 2 is 2.00 bits per heavy atom. The molecule has 6 nitrogen and oxygen atoms in total. The lowest BCUT2D eigenvalue weighted by Crippen LogP contribution is -2.59. The Labute approximate surface area is 145 Å². The molecule has 0 saturated carbocycles. The minimum absolute atomic E-state index is 0.00388. The van der Waals surface area contributed by atoms with Crippen LogP contribution in [-0.2, 0) is 12.1 Å². The van der Waals surface area contributed by atoms with Crippen molar-refractivity contribution in [1.82, 2.24) is 24.7 Å². The summed E-state index contributed by atoms with van der Waals surface area (Å²) >= 11 is 0. The van der Waals surface area contributed by atoms with Gasteiger partial charge in [0.1, 0.15) is 5.82 Å². The number of nitrogens with zero attached hydrogens (tertiary/aromatic N) is 4. The number of amides is 2. The maximum absolute atomic E-state index is 12.4. The molecule has 0 unspecified atom stereocenters. The highest BCUT2D eigenvalue weighted by Gasteiger charge is 2.46. The highest BCUT2D eigenvalue weighted by molar-refractivity contribution is 5.74. The molecular formula is C18H31N5O. The number of aromatic nitrogens is 2. The molecule has 0 bridgehead atoms. The number of aryl methyl sites for hydroxylation is 1. The minimum Gasteiger partial charge on any atom is -0.338 e. The van der Waals surface area contributed by atoms with Crippen LogP contribution < -0.4 is 5.32 Å². The fraction of sp³-hybridized carbons (Fsp3) is 0.778. The van der Waals surface area contributed by atoms with E-state index in [1.165, 1.54) is 11.5 Å². The van der Waals surface area contributed by atoms with Gasteiger partial charge < -0.3 is 14.8 Å². The molecule has 1 N–H and O–H groups in total. The van der Waals surface area contributed by atoms with Crippen molar-refractivity contribution in [2.75, 3.05) is 32.7 Å². The normalized spacial score (nSPS) is 20.5. The zero-order valence-electron chi connectivity index (χ0n) is 15.5. The van der Waals surface area contributed by atoms with Crippen LogP contribution in [0.4, 0.5) is 4.79 Å². The molecule has 2 amide bonds. The molecule has 3 heterocycles. The highest BCUT2D eigenvalue weighted by atomic mass is 16.2. The first-order chi connectivity index (χ1) is 11.5. The van der Waals surface area contributed by atoms with E-state index in [-0.39, 0.29) is 11.6 Å². The third-order valence-electron chi connectivity index (χ3n) is 5.59. The highest BCUT2D eigenvalue weighted by Crippen LogP contribution is 2.40. The number of rotatable bonds is 3. The number of nitrogens with one attached hydrogen (secondary N) is 1. The maximum atomic E-state index is 12.4. The third kappa shape index (κ3) is 2.92. The summed E-state index contributed by atoms with van der Waals surface area (Å²) in [5.41, 5.74) is 1.24. The zero-order valence-corrected chi connectivity index (χ0v) is 15.5. The minimum atomic E-state index is -0.00388. The molecule has 2 aliphatic heterocycles. The van der Waals surface area contributed by atoms with Crippen LogP contribution in [0.5, 0.6) is 0 Å². The Morgan fingerprint density at radius 1 is 1.29 bits per heavy atom. The summed E-state index contributed by atoms with van der Waals surface area (Å²) in [5.74, 6) is 1.69. The first-order valence-corrected chi connectivity index (χ1v) is 9.28. The van der Waals surface area contributed by atoms with Crippen LogP contribution in [0.1, 0.15) is 45.1 Å². The molecule has 1 aromatic rings. The molecule has 0 aliphatic carbocycles. The van der Waals surface area contributed by atoms with Crippen LogP contribution in [0.2, 0.25) is 0 Å². The van der Waals surface area contributed by atoms with Crippen molar-refractivity contribution in [1.29, 1.82) is 0 Å². The largest absolute Gasteiger partial charge is 0.338 e. The standard InChI is InChI=1S/C18H31N5O/c1-5-22-10-11-23-15(4)13-19-16(23)18(22)6-8-21(9-7-18)17(24)20-12-14(2)3/h13-14H,5-12H2,1-4H3,(H,20,24). The van der Waals surface area contributed by atoms with Crippen LogP contribution in [0, 0.1) is 12.8 Å². The molecule has 1 fully saturated rings. The summed E-state index contributed by atoms with van der Waals surface area (Å²) < 4.78 is 2.38. The number of carbonyl (C=O) groups is 1. The lowest BCUT2D eigenvalue weighted by atomic mass is 9.83. The Kier molecular flexibility index (Phi) is 4.85.